The Balaban J connectivity index is 2.61. The third-order valence-corrected chi connectivity index (χ3v) is 2.25. The Kier molecular flexibility index (Phi) is 5.65. The highest BCUT2D eigenvalue weighted by molar-refractivity contribution is 5.47. The number of rotatable bonds is 7. The second-order valence-electron chi connectivity index (χ2n) is 3.78. The number of methoxy groups -OCH3 is 1. The lowest BCUT2D eigenvalue weighted by molar-refractivity contribution is 0.0694. The number of aliphatic hydroxyl groups is 1. The molecule has 1 rings (SSSR count). The lowest BCUT2D eigenvalue weighted by atomic mass is 10.3. The number of ether oxygens (including phenoxy) is 1. The highest BCUT2D eigenvalue weighted by Gasteiger charge is 2.10. The lowest BCUT2D eigenvalue weighted by Crippen LogP contribution is -2.32. The summed E-state index contributed by atoms with van der Waals surface area (Å²) in [5.74, 6) is 1.55. The summed E-state index contributed by atoms with van der Waals surface area (Å²) in [6.45, 7) is 3.60. The molecule has 2 N–H and O–H groups in total. The number of aromatic nitrogens is 2. The van der Waals surface area contributed by atoms with E-state index in [1.54, 1.807) is 7.11 Å². The molecule has 6 heteroatoms. The van der Waals surface area contributed by atoms with E-state index >= 15 is 0 Å². The zero-order chi connectivity index (χ0) is 12.7. The summed E-state index contributed by atoms with van der Waals surface area (Å²) in [6.07, 6.45) is 0.981. The van der Waals surface area contributed by atoms with Crippen LogP contribution in [0.4, 0.5) is 11.6 Å². The van der Waals surface area contributed by atoms with E-state index in [9.17, 15) is 5.11 Å². The Morgan fingerprint density at radius 3 is 2.94 bits per heavy atom. The molecule has 0 amide bonds. The van der Waals surface area contributed by atoms with Gasteiger partial charge in [0, 0.05) is 33.3 Å². The molecule has 1 atom stereocenters. The van der Waals surface area contributed by atoms with Crippen molar-refractivity contribution in [3.8, 4) is 0 Å². The molecule has 0 spiro atoms. The number of nitrogens with zero attached hydrogens (tertiary/aromatic N) is 3. The van der Waals surface area contributed by atoms with Gasteiger partial charge in [-0.1, -0.05) is 0 Å². The van der Waals surface area contributed by atoms with Crippen LogP contribution in [-0.2, 0) is 4.74 Å². The fourth-order valence-electron chi connectivity index (χ4n) is 1.49. The number of anilines is 2. The Hall–Kier alpha value is -1.40. The molecule has 0 aliphatic rings. The van der Waals surface area contributed by atoms with Crippen LogP contribution in [0.15, 0.2) is 12.4 Å². The second-order valence-corrected chi connectivity index (χ2v) is 3.78. The van der Waals surface area contributed by atoms with Crippen molar-refractivity contribution in [2.24, 2.45) is 0 Å². The van der Waals surface area contributed by atoms with Gasteiger partial charge in [0.05, 0.1) is 12.7 Å². The molecule has 0 saturated carbocycles. The van der Waals surface area contributed by atoms with Crippen molar-refractivity contribution in [2.45, 2.75) is 13.0 Å². The molecule has 1 aromatic heterocycles. The first-order valence-electron chi connectivity index (χ1n) is 5.61. The fourth-order valence-corrected chi connectivity index (χ4v) is 1.49. The normalized spacial score (nSPS) is 12.2. The van der Waals surface area contributed by atoms with Crippen molar-refractivity contribution >= 4 is 11.6 Å². The Labute approximate surface area is 102 Å². The van der Waals surface area contributed by atoms with E-state index < -0.39 is 6.10 Å². The maximum Gasteiger partial charge on any atom is 0.133 e. The number of likely N-dealkylation sites (N-methyl/N-ethyl adjacent to an activating group) is 1. The minimum atomic E-state index is -0.525. The molecule has 0 saturated heterocycles. The van der Waals surface area contributed by atoms with E-state index in [4.69, 9.17) is 4.74 Å². The first-order chi connectivity index (χ1) is 8.17. The van der Waals surface area contributed by atoms with Gasteiger partial charge < -0.3 is 20.1 Å². The zero-order valence-electron chi connectivity index (χ0n) is 10.6. The quantitative estimate of drug-likeness (QED) is 0.716. The van der Waals surface area contributed by atoms with E-state index in [0.29, 0.717) is 13.2 Å². The molecular formula is C11H20N4O2. The van der Waals surface area contributed by atoms with Gasteiger partial charge in [-0.15, -0.1) is 0 Å². The molecule has 1 heterocycles. The van der Waals surface area contributed by atoms with Crippen LogP contribution in [0.3, 0.4) is 0 Å². The topological polar surface area (TPSA) is 70.5 Å². The number of aliphatic hydroxyl groups excluding tert-OH is 1. The highest BCUT2D eigenvalue weighted by atomic mass is 16.5. The molecule has 0 bridgehead atoms. The van der Waals surface area contributed by atoms with Gasteiger partial charge in [-0.05, 0) is 6.92 Å². The van der Waals surface area contributed by atoms with Crippen LogP contribution >= 0.6 is 0 Å². The average Bonchev–Trinajstić information content (AvgIpc) is 2.30. The first-order valence-corrected chi connectivity index (χ1v) is 5.61. The molecule has 96 valence electrons. The zero-order valence-corrected chi connectivity index (χ0v) is 10.6. The summed E-state index contributed by atoms with van der Waals surface area (Å²) in [6, 6.07) is 1.85. The van der Waals surface area contributed by atoms with Crippen molar-refractivity contribution < 1.29 is 9.84 Å². The van der Waals surface area contributed by atoms with Gasteiger partial charge in [0.1, 0.15) is 18.0 Å². The van der Waals surface area contributed by atoms with Crippen LogP contribution < -0.4 is 10.2 Å². The van der Waals surface area contributed by atoms with Gasteiger partial charge in [-0.25, -0.2) is 9.97 Å². The lowest BCUT2D eigenvalue weighted by Gasteiger charge is -2.21. The molecular weight excluding hydrogens is 220 g/mol. The van der Waals surface area contributed by atoms with Crippen molar-refractivity contribution in [1.82, 2.24) is 9.97 Å². The largest absolute Gasteiger partial charge is 0.389 e. The van der Waals surface area contributed by atoms with Crippen molar-refractivity contribution in [2.75, 3.05) is 44.1 Å². The molecule has 0 aliphatic carbocycles. The Morgan fingerprint density at radius 2 is 2.29 bits per heavy atom. The Morgan fingerprint density at radius 1 is 1.53 bits per heavy atom. The van der Waals surface area contributed by atoms with E-state index in [2.05, 4.69) is 15.3 Å². The van der Waals surface area contributed by atoms with E-state index in [1.807, 2.05) is 24.9 Å². The third kappa shape index (κ3) is 4.54. The summed E-state index contributed by atoms with van der Waals surface area (Å²) in [7, 11) is 3.44. The summed E-state index contributed by atoms with van der Waals surface area (Å²) in [5.41, 5.74) is 0. The Bertz CT molecular complexity index is 335. The van der Waals surface area contributed by atoms with Crippen LogP contribution in [0.1, 0.15) is 6.92 Å². The van der Waals surface area contributed by atoms with E-state index in [0.717, 1.165) is 18.2 Å². The van der Waals surface area contributed by atoms with Crippen molar-refractivity contribution in [3.05, 3.63) is 12.4 Å². The maximum atomic E-state index is 9.63. The van der Waals surface area contributed by atoms with Crippen LogP contribution in [0.25, 0.3) is 0 Å². The molecule has 17 heavy (non-hydrogen) atoms. The molecule has 1 unspecified atom stereocenters. The van der Waals surface area contributed by atoms with Crippen molar-refractivity contribution in [1.29, 1.82) is 0 Å². The van der Waals surface area contributed by atoms with Gasteiger partial charge in [0.25, 0.3) is 0 Å². The monoisotopic (exact) mass is 240 g/mol. The predicted octanol–water partition coefficient (Wildman–Crippen LogP) is 0.352. The van der Waals surface area contributed by atoms with E-state index in [-0.39, 0.29) is 0 Å². The highest BCUT2D eigenvalue weighted by Crippen LogP contribution is 2.12. The van der Waals surface area contributed by atoms with Crippen LogP contribution in [0.2, 0.25) is 0 Å². The predicted molar refractivity (Wildman–Crippen MR) is 67.3 cm³/mol. The van der Waals surface area contributed by atoms with Gasteiger partial charge in [-0.2, -0.15) is 0 Å². The first kappa shape index (κ1) is 13.7. The molecule has 0 radical (unpaired) electrons. The molecule has 1 aromatic rings. The van der Waals surface area contributed by atoms with Gasteiger partial charge in [0.2, 0.25) is 0 Å². The third-order valence-electron chi connectivity index (χ3n) is 2.25. The summed E-state index contributed by atoms with van der Waals surface area (Å²) < 4.78 is 4.88. The molecule has 0 aliphatic heterocycles. The molecule has 0 fully saturated rings. The summed E-state index contributed by atoms with van der Waals surface area (Å²) in [4.78, 5) is 10.1. The standard InChI is InChI=1S/C11H20N4O2/c1-4-12-10-5-11(14-8-13-10)15(2)6-9(16)7-17-3/h5,8-9,16H,4,6-7H2,1-3H3,(H,12,13,14). The average molecular weight is 240 g/mol. The van der Waals surface area contributed by atoms with Crippen molar-refractivity contribution in [3.63, 3.8) is 0 Å². The van der Waals surface area contributed by atoms with E-state index in [1.165, 1.54) is 6.33 Å². The van der Waals surface area contributed by atoms with Crippen LogP contribution in [0.5, 0.6) is 0 Å². The number of hydrogen-bond acceptors (Lipinski definition) is 6. The van der Waals surface area contributed by atoms with Crippen LogP contribution in [-0.4, -0.2) is 55.0 Å². The minimum Gasteiger partial charge on any atom is -0.389 e. The van der Waals surface area contributed by atoms with Gasteiger partial charge >= 0.3 is 0 Å². The smallest absolute Gasteiger partial charge is 0.133 e. The summed E-state index contributed by atoms with van der Waals surface area (Å²) in [5, 5.41) is 12.7. The minimum absolute atomic E-state index is 0.315. The second kappa shape index (κ2) is 7.03. The SMILES string of the molecule is CCNc1cc(N(C)CC(O)COC)ncn1. The number of hydrogen-bond donors (Lipinski definition) is 2. The van der Waals surface area contributed by atoms with Gasteiger partial charge in [0.15, 0.2) is 0 Å². The molecule has 6 nitrogen and oxygen atoms in total. The van der Waals surface area contributed by atoms with Crippen LogP contribution in [0, 0.1) is 0 Å². The number of nitrogens with one attached hydrogen (secondary N) is 1. The summed E-state index contributed by atoms with van der Waals surface area (Å²) >= 11 is 0. The maximum absolute atomic E-state index is 9.63. The molecule has 0 aromatic carbocycles. The fraction of sp³-hybridized carbons (Fsp3) is 0.636. The van der Waals surface area contributed by atoms with Gasteiger partial charge in [-0.3, -0.25) is 0 Å².